The van der Waals surface area contributed by atoms with Crippen molar-refractivity contribution in [2.24, 2.45) is 0 Å². The summed E-state index contributed by atoms with van der Waals surface area (Å²) in [6.45, 7) is 1.91. The van der Waals surface area contributed by atoms with E-state index < -0.39 is 23.1 Å². The number of hydrogen-bond acceptors (Lipinski definition) is 7. The number of carbonyl (C=O) groups is 1. The van der Waals surface area contributed by atoms with Crippen molar-refractivity contribution in [1.82, 2.24) is 24.1 Å². The molecule has 0 spiro atoms. The summed E-state index contributed by atoms with van der Waals surface area (Å²) in [5.41, 5.74) is 1.51. The predicted octanol–water partition coefficient (Wildman–Crippen LogP) is 5.66. The third-order valence-electron chi connectivity index (χ3n) is 6.48. The van der Waals surface area contributed by atoms with Gasteiger partial charge in [-0.2, -0.15) is 5.10 Å². The Morgan fingerprint density at radius 2 is 1.72 bits per heavy atom. The molecule has 4 aromatic heterocycles. The van der Waals surface area contributed by atoms with Gasteiger partial charge in [0.05, 0.1) is 12.8 Å². The van der Waals surface area contributed by atoms with Crippen LogP contribution in [0.15, 0.2) is 103 Å². The lowest BCUT2D eigenvalue weighted by atomic mass is 10.1. The van der Waals surface area contributed by atoms with Gasteiger partial charge in [-0.25, -0.2) is 23.3 Å². The highest BCUT2D eigenvalue weighted by Gasteiger charge is 2.21. The molecule has 0 atom stereocenters. The first-order chi connectivity index (χ1) is 20.9. The van der Waals surface area contributed by atoms with Crippen LogP contribution >= 0.6 is 0 Å². The van der Waals surface area contributed by atoms with Crippen LogP contribution in [0.1, 0.15) is 17.3 Å². The molecule has 214 valence electrons. The van der Waals surface area contributed by atoms with E-state index in [0.29, 0.717) is 17.0 Å². The van der Waals surface area contributed by atoms with Crippen molar-refractivity contribution in [3.05, 3.63) is 126 Å². The maximum Gasteiger partial charge on any atom is 0.271 e. The SMILES string of the molecule is CCOc1ccn(-c2ccc(F)cc2)c(=O)c1C(=O)Nc1ccc(Oc2ccnn3ccc(-c4cncnc4)c23)c(F)c1. The molecule has 0 aliphatic carbocycles. The fourth-order valence-corrected chi connectivity index (χ4v) is 4.55. The minimum Gasteiger partial charge on any atom is -0.493 e. The van der Waals surface area contributed by atoms with Crippen molar-refractivity contribution in [2.75, 3.05) is 11.9 Å². The van der Waals surface area contributed by atoms with Crippen LogP contribution in [0.25, 0.3) is 22.3 Å². The molecule has 2 aromatic carbocycles. The average Bonchev–Trinajstić information content (AvgIpc) is 3.45. The van der Waals surface area contributed by atoms with Gasteiger partial charge in [-0.1, -0.05) is 0 Å². The van der Waals surface area contributed by atoms with Gasteiger partial charge in [0.1, 0.15) is 29.0 Å². The lowest BCUT2D eigenvalue weighted by Gasteiger charge is -2.14. The van der Waals surface area contributed by atoms with Crippen molar-refractivity contribution in [3.8, 4) is 34.1 Å². The Hall–Kier alpha value is -5.91. The summed E-state index contributed by atoms with van der Waals surface area (Å²) in [6, 6.07) is 14.0. The van der Waals surface area contributed by atoms with E-state index in [1.54, 1.807) is 36.1 Å². The van der Waals surface area contributed by atoms with Gasteiger partial charge in [0.15, 0.2) is 17.3 Å². The predicted molar refractivity (Wildman–Crippen MR) is 154 cm³/mol. The smallest absolute Gasteiger partial charge is 0.271 e. The van der Waals surface area contributed by atoms with Gasteiger partial charge in [-0.3, -0.25) is 14.2 Å². The molecular weight excluding hydrogens is 558 g/mol. The first-order valence-electron chi connectivity index (χ1n) is 13.1. The molecular formula is C31H22F2N6O4. The summed E-state index contributed by atoms with van der Waals surface area (Å²) < 4.78 is 43.0. The maximum atomic E-state index is 15.3. The molecule has 4 heterocycles. The Kier molecular flexibility index (Phi) is 7.31. The summed E-state index contributed by atoms with van der Waals surface area (Å²) in [7, 11) is 0. The molecule has 0 bridgehead atoms. The summed E-state index contributed by atoms with van der Waals surface area (Å²) in [4.78, 5) is 34.8. The number of nitrogens with zero attached hydrogens (tertiary/aromatic N) is 5. The van der Waals surface area contributed by atoms with E-state index in [2.05, 4.69) is 20.4 Å². The van der Waals surface area contributed by atoms with Gasteiger partial charge >= 0.3 is 0 Å². The normalized spacial score (nSPS) is 11.0. The molecule has 1 N–H and O–H groups in total. The molecule has 0 radical (unpaired) electrons. The number of amides is 1. The van der Waals surface area contributed by atoms with Crippen molar-refractivity contribution in [2.45, 2.75) is 6.92 Å². The highest BCUT2D eigenvalue weighted by molar-refractivity contribution is 6.06. The fourth-order valence-electron chi connectivity index (χ4n) is 4.55. The third-order valence-corrected chi connectivity index (χ3v) is 6.48. The number of rotatable bonds is 8. The number of nitrogens with one attached hydrogen (secondary N) is 1. The summed E-state index contributed by atoms with van der Waals surface area (Å²) in [5, 5.41) is 6.84. The van der Waals surface area contributed by atoms with Crippen molar-refractivity contribution >= 4 is 17.1 Å². The number of benzene rings is 2. The zero-order chi connectivity index (χ0) is 29.9. The fraction of sp³-hybridized carbons (Fsp3) is 0.0645. The highest BCUT2D eigenvalue weighted by atomic mass is 19.1. The van der Waals surface area contributed by atoms with Crippen molar-refractivity contribution in [1.29, 1.82) is 0 Å². The summed E-state index contributed by atoms with van der Waals surface area (Å²) in [6.07, 6.45) is 9.41. The van der Waals surface area contributed by atoms with Crippen LogP contribution in [-0.2, 0) is 0 Å². The van der Waals surface area contributed by atoms with Crippen molar-refractivity contribution in [3.63, 3.8) is 0 Å². The molecule has 12 heteroatoms. The number of aromatic nitrogens is 5. The Labute approximate surface area is 242 Å². The van der Waals surface area contributed by atoms with Gasteiger partial charge in [0.2, 0.25) is 0 Å². The number of halogens is 2. The second-order valence-electron chi connectivity index (χ2n) is 9.19. The van der Waals surface area contributed by atoms with Crippen molar-refractivity contribution < 1.29 is 23.0 Å². The Balaban J connectivity index is 1.29. The monoisotopic (exact) mass is 580 g/mol. The van der Waals surface area contributed by atoms with Gasteiger partial charge in [0, 0.05) is 59.4 Å². The quantitative estimate of drug-likeness (QED) is 0.247. The number of hydrogen-bond donors (Lipinski definition) is 1. The molecule has 43 heavy (non-hydrogen) atoms. The van der Waals surface area contributed by atoms with Crippen LogP contribution in [0.2, 0.25) is 0 Å². The van der Waals surface area contributed by atoms with Gasteiger partial charge in [-0.15, -0.1) is 0 Å². The van der Waals surface area contributed by atoms with E-state index in [-0.39, 0.29) is 29.4 Å². The van der Waals surface area contributed by atoms with Gasteiger partial charge < -0.3 is 14.8 Å². The zero-order valence-electron chi connectivity index (χ0n) is 22.6. The topological polar surface area (TPSA) is 113 Å². The summed E-state index contributed by atoms with van der Waals surface area (Å²) >= 11 is 0. The van der Waals surface area contributed by atoms with E-state index in [1.807, 2.05) is 6.07 Å². The second kappa shape index (κ2) is 11.5. The minimum absolute atomic E-state index is 0.0531. The molecule has 0 aliphatic heterocycles. The molecule has 0 aliphatic rings. The molecule has 0 fully saturated rings. The van der Waals surface area contributed by atoms with E-state index in [1.165, 1.54) is 65.8 Å². The zero-order valence-corrected chi connectivity index (χ0v) is 22.6. The number of ether oxygens (including phenoxy) is 2. The molecule has 0 saturated carbocycles. The van der Waals surface area contributed by atoms with E-state index in [0.717, 1.165) is 17.2 Å². The Bertz CT molecular complexity index is 2010. The van der Waals surface area contributed by atoms with Crippen LogP contribution in [0, 0.1) is 11.6 Å². The van der Waals surface area contributed by atoms with E-state index >= 15 is 4.39 Å². The van der Waals surface area contributed by atoms with Crippen LogP contribution in [0.5, 0.6) is 17.2 Å². The molecule has 6 rings (SSSR count). The lowest BCUT2D eigenvalue weighted by molar-refractivity contribution is 0.102. The first-order valence-corrected chi connectivity index (χ1v) is 13.1. The van der Waals surface area contributed by atoms with Gasteiger partial charge in [0.25, 0.3) is 11.5 Å². The third kappa shape index (κ3) is 5.40. The first kappa shape index (κ1) is 27.3. The maximum absolute atomic E-state index is 15.3. The Morgan fingerprint density at radius 3 is 2.47 bits per heavy atom. The standard InChI is InChI=1S/C31H22F2N6O4/c1-2-42-26-11-13-38(22-6-3-20(32)4-7-22)31(41)28(26)30(40)37-21-5-8-25(24(33)15-21)43-27-9-12-36-39-14-10-23(29(27)39)19-16-34-18-35-17-19/h3-18H,2H2,1H3,(H,37,40). The summed E-state index contributed by atoms with van der Waals surface area (Å²) in [5.74, 6) is -1.75. The molecule has 6 aromatic rings. The van der Waals surface area contributed by atoms with Crippen LogP contribution in [-0.4, -0.2) is 36.7 Å². The number of pyridine rings is 1. The molecule has 0 unspecified atom stereocenters. The molecule has 10 nitrogen and oxygen atoms in total. The van der Waals surface area contributed by atoms with E-state index in [4.69, 9.17) is 9.47 Å². The van der Waals surface area contributed by atoms with Crippen LogP contribution in [0.4, 0.5) is 14.5 Å². The largest absolute Gasteiger partial charge is 0.493 e. The second-order valence-corrected chi connectivity index (χ2v) is 9.19. The van der Waals surface area contributed by atoms with Crippen LogP contribution in [0.3, 0.4) is 0 Å². The average molecular weight is 581 g/mol. The van der Waals surface area contributed by atoms with Crippen LogP contribution < -0.4 is 20.3 Å². The minimum atomic E-state index is -0.809. The van der Waals surface area contributed by atoms with E-state index in [9.17, 15) is 14.0 Å². The molecule has 0 saturated heterocycles. The number of fused-ring (bicyclic) bond motifs is 1. The Morgan fingerprint density at radius 1 is 0.930 bits per heavy atom. The molecule has 1 amide bonds. The highest BCUT2D eigenvalue weighted by Crippen LogP contribution is 2.35. The number of anilines is 1. The van der Waals surface area contributed by atoms with Gasteiger partial charge in [-0.05, 0) is 55.5 Å². The lowest BCUT2D eigenvalue weighted by Crippen LogP contribution is -2.29. The number of carbonyl (C=O) groups excluding carboxylic acids is 1.